The first-order chi connectivity index (χ1) is 12.7. The van der Waals surface area contributed by atoms with E-state index in [1.807, 2.05) is 36.4 Å². The summed E-state index contributed by atoms with van der Waals surface area (Å²) in [6.07, 6.45) is 5.61. The summed E-state index contributed by atoms with van der Waals surface area (Å²) in [5, 5.41) is 3.97. The van der Waals surface area contributed by atoms with Crippen LogP contribution in [0.4, 0.5) is 0 Å². The lowest BCUT2D eigenvalue weighted by Crippen LogP contribution is -2.33. The van der Waals surface area contributed by atoms with Crippen LogP contribution in [0, 0.1) is 11.8 Å². The van der Waals surface area contributed by atoms with Gasteiger partial charge in [-0.1, -0.05) is 17.3 Å². The topological polar surface area (TPSA) is 85.5 Å². The van der Waals surface area contributed by atoms with E-state index in [1.54, 1.807) is 7.11 Å². The van der Waals surface area contributed by atoms with Gasteiger partial charge in [-0.05, 0) is 37.1 Å². The fourth-order valence-electron chi connectivity index (χ4n) is 3.51. The highest BCUT2D eigenvalue weighted by Crippen LogP contribution is 2.35. The third kappa shape index (κ3) is 2.89. The number of carbonyl (C=O) groups excluding carboxylic acids is 2. The van der Waals surface area contributed by atoms with Crippen LogP contribution in [-0.4, -0.2) is 40.5 Å². The molecule has 0 N–H and O–H groups in total. The number of methoxy groups -OCH3 is 1. The minimum atomic E-state index is -0.204. The van der Waals surface area contributed by atoms with Gasteiger partial charge in [0.1, 0.15) is 5.75 Å². The maximum absolute atomic E-state index is 12.5. The van der Waals surface area contributed by atoms with Crippen LogP contribution in [0.5, 0.6) is 5.75 Å². The second kappa shape index (κ2) is 6.74. The summed E-state index contributed by atoms with van der Waals surface area (Å²) in [6.45, 7) is 0.273. The van der Waals surface area contributed by atoms with Crippen molar-refractivity contribution in [2.45, 2.75) is 19.3 Å². The Labute approximate surface area is 150 Å². The maximum atomic E-state index is 12.5. The third-order valence-corrected chi connectivity index (χ3v) is 4.96. The average Bonchev–Trinajstić information content (AvgIpc) is 3.25. The number of ether oxygens (including phenoxy) is 1. The summed E-state index contributed by atoms with van der Waals surface area (Å²) in [4.78, 5) is 30.6. The molecule has 0 bridgehead atoms. The molecule has 134 valence electrons. The van der Waals surface area contributed by atoms with Gasteiger partial charge in [0.15, 0.2) is 0 Å². The lowest BCUT2D eigenvalue weighted by atomic mass is 9.85. The first kappa shape index (κ1) is 16.5. The lowest BCUT2D eigenvalue weighted by Gasteiger charge is -2.14. The van der Waals surface area contributed by atoms with Gasteiger partial charge in [-0.3, -0.25) is 14.5 Å². The molecule has 2 heterocycles. The quantitative estimate of drug-likeness (QED) is 0.605. The van der Waals surface area contributed by atoms with Crippen LogP contribution >= 0.6 is 0 Å². The first-order valence-corrected chi connectivity index (χ1v) is 8.64. The van der Waals surface area contributed by atoms with E-state index < -0.39 is 0 Å². The van der Waals surface area contributed by atoms with Gasteiger partial charge in [-0.15, -0.1) is 0 Å². The molecule has 0 radical (unpaired) electrons. The standard InChI is InChI=1S/C19H19N3O4/c1-25-13-8-6-12(7-9-13)17-20-16(26-21-17)10-11-22-18(23)14-4-2-3-5-15(14)19(22)24/h2-3,6-9,14-15H,4-5,10-11H2,1H3. The summed E-state index contributed by atoms with van der Waals surface area (Å²) in [7, 11) is 1.61. The Bertz CT molecular complexity index is 830. The minimum absolute atomic E-state index is 0.0840. The van der Waals surface area contributed by atoms with Crippen LogP contribution in [0.15, 0.2) is 40.9 Å². The lowest BCUT2D eigenvalue weighted by molar-refractivity contribution is -0.139. The molecule has 2 atom stereocenters. The molecule has 2 aliphatic rings. The van der Waals surface area contributed by atoms with Crippen LogP contribution in [0.2, 0.25) is 0 Å². The molecular formula is C19H19N3O4. The molecule has 2 unspecified atom stereocenters. The third-order valence-electron chi connectivity index (χ3n) is 4.96. The molecule has 2 aromatic rings. The van der Waals surface area contributed by atoms with E-state index in [9.17, 15) is 9.59 Å². The molecule has 1 aliphatic heterocycles. The zero-order chi connectivity index (χ0) is 18.1. The Morgan fingerprint density at radius 2 is 1.77 bits per heavy atom. The number of aromatic nitrogens is 2. The van der Waals surface area contributed by atoms with Crippen LogP contribution in [0.1, 0.15) is 18.7 Å². The molecule has 1 fully saturated rings. The predicted molar refractivity (Wildman–Crippen MR) is 92.1 cm³/mol. The summed E-state index contributed by atoms with van der Waals surface area (Å²) in [6, 6.07) is 7.34. The summed E-state index contributed by atoms with van der Waals surface area (Å²) >= 11 is 0. The van der Waals surface area contributed by atoms with Crippen LogP contribution in [-0.2, 0) is 16.0 Å². The summed E-state index contributed by atoms with van der Waals surface area (Å²) < 4.78 is 10.4. The van der Waals surface area contributed by atoms with E-state index >= 15 is 0 Å². The van der Waals surface area contributed by atoms with Crippen molar-refractivity contribution in [1.29, 1.82) is 0 Å². The Morgan fingerprint density at radius 1 is 1.12 bits per heavy atom. The van der Waals surface area contributed by atoms with Crippen LogP contribution in [0.25, 0.3) is 11.4 Å². The number of rotatable bonds is 5. The molecule has 1 saturated heterocycles. The van der Waals surface area contributed by atoms with Gasteiger partial charge in [0.25, 0.3) is 0 Å². The van der Waals surface area contributed by atoms with E-state index in [0.29, 0.717) is 31.0 Å². The number of nitrogens with zero attached hydrogens (tertiary/aromatic N) is 3. The number of amides is 2. The van der Waals surface area contributed by atoms with Crippen molar-refractivity contribution in [2.24, 2.45) is 11.8 Å². The Morgan fingerprint density at radius 3 is 2.38 bits per heavy atom. The molecule has 0 spiro atoms. The SMILES string of the molecule is COc1ccc(-c2noc(CCN3C(=O)C4CC=CCC4C3=O)n2)cc1. The van der Waals surface area contributed by atoms with Gasteiger partial charge in [0.2, 0.25) is 23.5 Å². The van der Waals surface area contributed by atoms with E-state index in [0.717, 1.165) is 11.3 Å². The van der Waals surface area contributed by atoms with Gasteiger partial charge in [0.05, 0.1) is 18.9 Å². The fraction of sp³-hybridized carbons (Fsp3) is 0.368. The maximum Gasteiger partial charge on any atom is 0.233 e. The molecule has 26 heavy (non-hydrogen) atoms. The number of imide groups is 1. The zero-order valence-corrected chi connectivity index (χ0v) is 14.4. The number of benzene rings is 1. The Balaban J connectivity index is 1.42. The van der Waals surface area contributed by atoms with Crippen molar-refractivity contribution in [3.8, 4) is 17.1 Å². The van der Waals surface area contributed by atoms with Crippen molar-refractivity contribution < 1.29 is 18.8 Å². The molecule has 0 saturated carbocycles. The highest BCUT2D eigenvalue weighted by atomic mass is 16.5. The predicted octanol–water partition coefficient (Wildman–Crippen LogP) is 2.24. The second-order valence-corrected chi connectivity index (χ2v) is 6.47. The van der Waals surface area contributed by atoms with Gasteiger partial charge in [-0.2, -0.15) is 4.98 Å². The number of hydrogen-bond donors (Lipinski definition) is 0. The minimum Gasteiger partial charge on any atom is -0.497 e. The molecule has 2 amide bonds. The smallest absolute Gasteiger partial charge is 0.233 e. The first-order valence-electron chi connectivity index (χ1n) is 8.64. The van der Waals surface area contributed by atoms with E-state index in [2.05, 4.69) is 10.1 Å². The number of likely N-dealkylation sites (tertiary alicyclic amines) is 1. The molecule has 4 rings (SSSR count). The number of hydrogen-bond acceptors (Lipinski definition) is 6. The Kier molecular flexibility index (Phi) is 4.28. The molecule has 1 aliphatic carbocycles. The van der Waals surface area contributed by atoms with Crippen molar-refractivity contribution in [1.82, 2.24) is 15.0 Å². The molecular weight excluding hydrogens is 334 g/mol. The van der Waals surface area contributed by atoms with Crippen LogP contribution < -0.4 is 4.74 Å². The monoisotopic (exact) mass is 353 g/mol. The van der Waals surface area contributed by atoms with Gasteiger partial charge < -0.3 is 9.26 Å². The van der Waals surface area contributed by atoms with E-state index in [1.165, 1.54) is 4.90 Å². The van der Waals surface area contributed by atoms with Crippen molar-refractivity contribution >= 4 is 11.8 Å². The van der Waals surface area contributed by atoms with Crippen molar-refractivity contribution in [3.63, 3.8) is 0 Å². The second-order valence-electron chi connectivity index (χ2n) is 6.47. The normalized spacial score (nSPS) is 22.0. The number of carbonyl (C=O) groups is 2. The van der Waals surface area contributed by atoms with Crippen LogP contribution in [0.3, 0.4) is 0 Å². The summed E-state index contributed by atoms with van der Waals surface area (Å²) in [5.74, 6) is 1.05. The molecule has 7 nitrogen and oxygen atoms in total. The largest absolute Gasteiger partial charge is 0.497 e. The number of fused-ring (bicyclic) bond motifs is 1. The van der Waals surface area contributed by atoms with E-state index in [4.69, 9.17) is 9.26 Å². The fourth-order valence-corrected chi connectivity index (χ4v) is 3.51. The Hall–Kier alpha value is -2.96. The zero-order valence-electron chi connectivity index (χ0n) is 14.4. The highest BCUT2D eigenvalue weighted by molar-refractivity contribution is 6.05. The number of allylic oxidation sites excluding steroid dienone is 2. The van der Waals surface area contributed by atoms with Gasteiger partial charge in [0, 0.05) is 18.5 Å². The molecule has 1 aromatic heterocycles. The molecule has 1 aromatic carbocycles. The van der Waals surface area contributed by atoms with Crippen molar-refractivity contribution in [3.05, 3.63) is 42.3 Å². The van der Waals surface area contributed by atoms with E-state index in [-0.39, 0.29) is 30.2 Å². The van der Waals surface area contributed by atoms with Crippen molar-refractivity contribution in [2.75, 3.05) is 13.7 Å². The molecule has 7 heteroatoms. The van der Waals surface area contributed by atoms with Gasteiger partial charge in [-0.25, -0.2) is 0 Å². The average molecular weight is 353 g/mol. The van der Waals surface area contributed by atoms with Gasteiger partial charge >= 0.3 is 0 Å². The summed E-state index contributed by atoms with van der Waals surface area (Å²) in [5.41, 5.74) is 0.811. The highest BCUT2D eigenvalue weighted by Gasteiger charge is 2.46.